The van der Waals surface area contributed by atoms with E-state index < -0.39 is 36.8 Å². The van der Waals surface area contributed by atoms with Crippen LogP contribution in [0.1, 0.15) is 22.3 Å². The van der Waals surface area contributed by atoms with E-state index in [0.717, 1.165) is 16.7 Å². The average molecular weight is 312 g/mol. The first-order valence-electron chi connectivity index (χ1n) is 7.00. The van der Waals surface area contributed by atoms with Crippen LogP contribution >= 0.6 is 0 Å². The molecule has 124 valence electrons. The Labute approximate surface area is 129 Å². The SMILES string of the molecule is Cc1cc(C)c(C=C(O)C(O)C(O)C(O)C(O)CO)cc1C. The van der Waals surface area contributed by atoms with Gasteiger partial charge in [0.2, 0.25) is 0 Å². The summed E-state index contributed by atoms with van der Waals surface area (Å²) < 4.78 is 0. The minimum Gasteiger partial charge on any atom is -0.509 e. The van der Waals surface area contributed by atoms with Crippen molar-refractivity contribution in [2.75, 3.05) is 6.61 Å². The molecule has 1 rings (SSSR count). The number of hydrogen-bond acceptors (Lipinski definition) is 6. The van der Waals surface area contributed by atoms with Gasteiger partial charge in [0.05, 0.1) is 6.61 Å². The minimum absolute atomic E-state index is 0.539. The average Bonchev–Trinajstić information content (AvgIpc) is 2.49. The molecule has 0 amide bonds. The molecule has 1 aromatic carbocycles. The molecule has 6 heteroatoms. The van der Waals surface area contributed by atoms with Crippen molar-refractivity contribution in [2.45, 2.75) is 45.2 Å². The van der Waals surface area contributed by atoms with Gasteiger partial charge >= 0.3 is 0 Å². The second-order valence-electron chi connectivity index (χ2n) is 5.54. The van der Waals surface area contributed by atoms with E-state index in [2.05, 4.69) is 0 Å². The molecule has 0 aliphatic heterocycles. The van der Waals surface area contributed by atoms with Gasteiger partial charge in [-0.1, -0.05) is 12.1 Å². The van der Waals surface area contributed by atoms with Gasteiger partial charge in [0.15, 0.2) is 0 Å². The van der Waals surface area contributed by atoms with E-state index in [9.17, 15) is 25.5 Å². The van der Waals surface area contributed by atoms with Crippen molar-refractivity contribution in [3.8, 4) is 0 Å². The monoisotopic (exact) mass is 312 g/mol. The first-order valence-corrected chi connectivity index (χ1v) is 7.00. The maximum atomic E-state index is 9.93. The smallest absolute Gasteiger partial charge is 0.139 e. The van der Waals surface area contributed by atoms with E-state index >= 15 is 0 Å². The summed E-state index contributed by atoms with van der Waals surface area (Å²) in [6, 6.07) is 3.76. The molecule has 0 saturated heterocycles. The number of benzene rings is 1. The van der Waals surface area contributed by atoms with Crippen LogP contribution in [-0.2, 0) is 0 Å². The van der Waals surface area contributed by atoms with E-state index in [1.54, 1.807) is 0 Å². The fourth-order valence-electron chi connectivity index (χ4n) is 2.08. The highest BCUT2D eigenvalue weighted by atomic mass is 16.4. The van der Waals surface area contributed by atoms with Crippen LogP contribution in [0.15, 0.2) is 17.9 Å². The third-order valence-corrected chi connectivity index (χ3v) is 3.74. The molecule has 0 bridgehead atoms. The van der Waals surface area contributed by atoms with Crippen molar-refractivity contribution in [3.63, 3.8) is 0 Å². The summed E-state index contributed by atoms with van der Waals surface area (Å²) >= 11 is 0. The summed E-state index contributed by atoms with van der Waals surface area (Å²) in [4.78, 5) is 0. The zero-order chi connectivity index (χ0) is 17.0. The van der Waals surface area contributed by atoms with Gasteiger partial charge in [0, 0.05) is 0 Å². The predicted molar refractivity (Wildman–Crippen MR) is 82.4 cm³/mol. The summed E-state index contributed by atoms with van der Waals surface area (Å²) in [5, 5.41) is 57.0. The van der Waals surface area contributed by atoms with E-state index in [-0.39, 0.29) is 0 Å². The number of aliphatic hydroxyl groups is 6. The third kappa shape index (κ3) is 4.28. The maximum Gasteiger partial charge on any atom is 0.139 e. The van der Waals surface area contributed by atoms with Gasteiger partial charge in [-0.25, -0.2) is 0 Å². The van der Waals surface area contributed by atoms with Crippen LogP contribution in [0.2, 0.25) is 0 Å². The van der Waals surface area contributed by atoms with Crippen molar-refractivity contribution in [3.05, 3.63) is 40.1 Å². The molecule has 6 nitrogen and oxygen atoms in total. The molecular weight excluding hydrogens is 288 g/mol. The zero-order valence-electron chi connectivity index (χ0n) is 12.9. The largest absolute Gasteiger partial charge is 0.509 e. The lowest BCUT2D eigenvalue weighted by Crippen LogP contribution is -2.46. The first-order chi connectivity index (χ1) is 10.2. The highest BCUT2D eigenvalue weighted by Crippen LogP contribution is 2.20. The van der Waals surface area contributed by atoms with Crippen molar-refractivity contribution in [1.29, 1.82) is 0 Å². The molecule has 4 unspecified atom stereocenters. The lowest BCUT2D eigenvalue weighted by molar-refractivity contribution is -0.112. The van der Waals surface area contributed by atoms with E-state index in [0.29, 0.717) is 5.56 Å². The number of hydrogen-bond donors (Lipinski definition) is 6. The number of aryl methyl sites for hydroxylation is 3. The van der Waals surface area contributed by atoms with Gasteiger partial charge in [-0.2, -0.15) is 0 Å². The van der Waals surface area contributed by atoms with Crippen LogP contribution in [0.4, 0.5) is 0 Å². The Morgan fingerprint density at radius 1 is 0.955 bits per heavy atom. The second-order valence-corrected chi connectivity index (χ2v) is 5.54. The fraction of sp³-hybridized carbons (Fsp3) is 0.500. The Balaban J connectivity index is 2.99. The maximum absolute atomic E-state index is 9.93. The van der Waals surface area contributed by atoms with Crippen LogP contribution in [0.25, 0.3) is 6.08 Å². The Hall–Kier alpha value is -1.44. The number of rotatable bonds is 6. The molecule has 6 N–H and O–H groups in total. The summed E-state index contributed by atoms with van der Waals surface area (Å²) in [7, 11) is 0. The van der Waals surface area contributed by atoms with Gasteiger partial charge in [0.1, 0.15) is 30.2 Å². The van der Waals surface area contributed by atoms with Crippen LogP contribution in [0.3, 0.4) is 0 Å². The molecule has 0 aromatic heterocycles. The molecule has 0 fully saturated rings. The van der Waals surface area contributed by atoms with Crippen LogP contribution in [0.5, 0.6) is 0 Å². The Morgan fingerprint density at radius 3 is 2.05 bits per heavy atom. The lowest BCUT2D eigenvalue weighted by atomic mass is 9.97. The van der Waals surface area contributed by atoms with Crippen molar-refractivity contribution in [2.24, 2.45) is 0 Å². The third-order valence-electron chi connectivity index (χ3n) is 3.74. The topological polar surface area (TPSA) is 121 Å². The zero-order valence-corrected chi connectivity index (χ0v) is 12.9. The van der Waals surface area contributed by atoms with E-state index in [1.165, 1.54) is 6.08 Å². The van der Waals surface area contributed by atoms with Crippen LogP contribution < -0.4 is 0 Å². The quantitative estimate of drug-likeness (QED) is 0.410. The molecule has 4 atom stereocenters. The van der Waals surface area contributed by atoms with Crippen LogP contribution in [0, 0.1) is 20.8 Å². The molecule has 1 aromatic rings. The van der Waals surface area contributed by atoms with E-state index in [4.69, 9.17) is 5.11 Å². The fourth-order valence-corrected chi connectivity index (χ4v) is 2.08. The predicted octanol–water partition coefficient (Wildman–Crippen LogP) is -0.0533. The Morgan fingerprint density at radius 2 is 1.50 bits per heavy atom. The molecule has 0 aliphatic carbocycles. The van der Waals surface area contributed by atoms with Crippen molar-refractivity contribution < 1.29 is 30.6 Å². The molecule has 0 heterocycles. The Kier molecular flexibility index (Phi) is 6.52. The standard InChI is InChI=1S/C16H24O6/c1-8-4-10(3)11(5-9(8)2)6-12(18)14(20)16(22)15(21)13(19)7-17/h4-6,13-22H,7H2,1-3H3. The molecule has 22 heavy (non-hydrogen) atoms. The van der Waals surface area contributed by atoms with Gasteiger partial charge in [-0.3, -0.25) is 0 Å². The van der Waals surface area contributed by atoms with Gasteiger partial charge in [-0.05, 0) is 49.1 Å². The van der Waals surface area contributed by atoms with Gasteiger partial charge in [-0.15, -0.1) is 0 Å². The molecule has 0 aliphatic rings. The normalized spacial score (nSPS) is 17.9. The Bertz CT molecular complexity index is 540. The lowest BCUT2D eigenvalue weighted by Gasteiger charge is -2.25. The number of aliphatic hydroxyl groups excluding tert-OH is 6. The highest BCUT2D eigenvalue weighted by Gasteiger charge is 2.32. The van der Waals surface area contributed by atoms with Gasteiger partial charge in [0.25, 0.3) is 0 Å². The minimum atomic E-state index is -1.83. The molecule has 0 spiro atoms. The molecule has 0 saturated carbocycles. The summed E-state index contributed by atoms with van der Waals surface area (Å²) in [5.41, 5.74) is 3.66. The summed E-state index contributed by atoms with van der Waals surface area (Å²) in [5.74, 6) is -0.539. The van der Waals surface area contributed by atoms with Gasteiger partial charge < -0.3 is 30.6 Å². The van der Waals surface area contributed by atoms with E-state index in [1.807, 2.05) is 32.9 Å². The molecule has 0 radical (unpaired) electrons. The second kappa shape index (κ2) is 7.71. The summed E-state index contributed by atoms with van der Waals surface area (Å²) in [6.45, 7) is 4.95. The molecular formula is C16H24O6. The van der Waals surface area contributed by atoms with Crippen LogP contribution in [-0.4, -0.2) is 61.7 Å². The first kappa shape index (κ1) is 18.6. The van der Waals surface area contributed by atoms with Crippen molar-refractivity contribution in [1.82, 2.24) is 0 Å². The van der Waals surface area contributed by atoms with Crippen molar-refractivity contribution >= 4 is 6.08 Å². The highest BCUT2D eigenvalue weighted by molar-refractivity contribution is 5.58. The summed E-state index contributed by atoms with van der Waals surface area (Å²) in [6.07, 6.45) is -5.70.